The normalized spacial score (nSPS) is 10.4. The van der Waals surface area contributed by atoms with E-state index in [1.807, 2.05) is 24.1 Å². The van der Waals surface area contributed by atoms with Crippen molar-refractivity contribution in [3.63, 3.8) is 0 Å². The fraction of sp³-hybridized carbons (Fsp3) is 0.462. The van der Waals surface area contributed by atoms with Crippen molar-refractivity contribution in [1.82, 2.24) is 4.90 Å². The SMILES string of the molecule is CCOC(=O)CN(C)Cc1cc(N)ccc1OC. The van der Waals surface area contributed by atoms with Gasteiger partial charge in [0.2, 0.25) is 0 Å². The molecule has 18 heavy (non-hydrogen) atoms. The van der Waals surface area contributed by atoms with E-state index < -0.39 is 0 Å². The highest BCUT2D eigenvalue weighted by Crippen LogP contribution is 2.22. The van der Waals surface area contributed by atoms with Crippen LogP contribution in [0.25, 0.3) is 0 Å². The average Bonchev–Trinajstić information content (AvgIpc) is 2.29. The summed E-state index contributed by atoms with van der Waals surface area (Å²) in [6.45, 7) is 3.01. The number of methoxy groups -OCH3 is 1. The second-order valence-electron chi connectivity index (χ2n) is 4.05. The Labute approximate surface area is 107 Å². The van der Waals surface area contributed by atoms with Crippen LogP contribution < -0.4 is 10.5 Å². The summed E-state index contributed by atoms with van der Waals surface area (Å²) in [5.41, 5.74) is 7.37. The van der Waals surface area contributed by atoms with Crippen LogP contribution in [0, 0.1) is 0 Å². The highest BCUT2D eigenvalue weighted by atomic mass is 16.5. The summed E-state index contributed by atoms with van der Waals surface area (Å²) in [5, 5.41) is 0. The first-order valence-corrected chi connectivity index (χ1v) is 5.83. The minimum absolute atomic E-state index is 0.233. The van der Waals surface area contributed by atoms with Gasteiger partial charge in [-0.25, -0.2) is 0 Å². The van der Waals surface area contributed by atoms with Gasteiger partial charge in [-0.05, 0) is 32.2 Å². The van der Waals surface area contributed by atoms with Crippen molar-refractivity contribution in [1.29, 1.82) is 0 Å². The maximum Gasteiger partial charge on any atom is 0.320 e. The molecule has 0 aliphatic heterocycles. The van der Waals surface area contributed by atoms with Gasteiger partial charge in [0.05, 0.1) is 20.3 Å². The molecule has 5 nitrogen and oxygen atoms in total. The first kappa shape index (κ1) is 14.3. The van der Waals surface area contributed by atoms with Crippen molar-refractivity contribution in [2.24, 2.45) is 0 Å². The van der Waals surface area contributed by atoms with E-state index in [0.29, 0.717) is 18.8 Å². The number of likely N-dealkylation sites (N-methyl/N-ethyl adjacent to an activating group) is 1. The second kappa shape index (κ2) is 6.86. The van der Waals surface area contributed by atoms with Gasteiger partial charge in [0.1, 0.15) is 5.75 Å². The molecule has 0 atom stereocenters. The van der Waals surface area contributed by atoms with Gasteiger partial charge in [0.25, 0.3) is 0 Å². The number of nitrogens with zero attached hydrogens (tertiary/aromatic N) is 1. The molecule has 2 N–H and O–H groups in total. The van der Waals surface area contributed by atoms with Crippen LogP contribution in [0.15, 0.2) is 18.2 Å². The molecule has 100 valence electrons. The monoisotopic (exact) mass is 252 g/mol. The fourth-order valence-corrected chi connectivity index (χ4v) is 1.70. The summed E-state index contributed by atoms with van der Waals surface area (Å²) in [6, 6.07) is 5.46. The molecule has 0 saturated heterocycles. The van der Waals surface area contributed by atoms with Crippen LogP contribution in [0.1, 0.15) is 12.5 Å². The van der Waals surface area contributed by atoms with Crippen LogP contribution in [-0.4, -0.2) is 38.2 Å². The van der Waals surface area contributed by atoms with Crippen molar-refractivity contribution < 1.29 is 14.3 Å². The zero-order valence-corrected chi connectivity index (χ0v) is 11.1. The molecule has 0 amide bonds. The Hall–Kier alpha value is -1.75. The van der Waals surface area contributed by atoms with Crippen LogP contribution in [-0.2, 0) is 16.1 Å². The van der Waals surface area contributed by atoms with Gasteiger partial charge >= 0.3 is 5.97 Å². The van der Waals surface area contributed by atoms with E-state index in [-0.39, 0.29) is 12.5 Å². The Bertz CT molecular complexity index is 407. The molecule has 0 bridgehead atoms. The minimum atomic E-state index is -0.233. The maximum atomic E-state index is 11.3. The molecule has 1 aromatic rings. The third-order valence-electron chi connectivity index (χ3n) is 2.45. The zero-order chi connectivity index (χ0) is 13.5. The summed E-state index contributed by atoms with van der Waals surface area (Å²) < 4.78 is 10.1. The molecule has 5 heteroatoms. The van der Waals surface area contributed by atoms with Gasteiger partial charge in [-0.3, -0.25) is 9.69 Å². The Morgan fingerprint density at radius 3 is 2.78 bits per heavy atom. The molecule has 0 spiro atoms. The van der Waals surface area contributed by atoms with Gasteiger partial charge < -0.3 is 15.2 Å². The number of carbonyl (C=O) groups excluding carboxylic acids is 1. The fourth-order valence-electron chi connectivity index (χ4n) is 1.70. The van der Waals surface area contributed by atoms with Crippen LogP contribution in [0.3, 0.4) is 0 Å². The van der Waals surface area contributed by atoms with Crippen molar-refractivity contribution in [3.8, 4) is 5.75 Å². The van der Waals surface area contributed by atoms with Crippen molar-refractivity contribution in [3.05, 3.63) is 23.8 Å². The summed E-state index contributed by atoms with van der Waals surface area (Å²) in [7, 11) is 3.46. The minimum Gasteiger partial charge on any atom is -0.496 e. The van der Waals surface area contributed by atoms with E-state index >= 15 is 0 Å². The van der Waals surface area contributed by atoms with Crippen LogP contribution in [0.2, 0.25) is 0 Å². The molecule has 0 radical (unpaired) electrons. The molecule has 1 aromatic carbocycles. The Kier molecular flexibility index (Phi) is 5.45. The van der Waals surface area contributed by atoms with Gasteiger partial charge in [0, 0.05) is 17.8 Å². The number of benzene rings is 1. The number of rotatable bonds is 6. The average molecular weight is 252 g/mol. The van der Waals surface area contributed by atoms with Crippen LogP contribution in [0.4, 0.5) is 5.69 Å². The predicted molar refractivity (Wildman–Crippen MR) is 70.4 cm³/mol. The summed E-state index contributed by atoms with van der Waals surface area (Å²) in [4.78, 5) is 13.2. The highest BCUT2D eigenvalue weighted by Gasteiger charge is 2.10. The molecule has 0 aliphatic carbocycles. The van der Waals surface area contributed by atoms with Crippen molar-refractivity contribution >= 4 is 11.7 Å². The van der Waals surface area contributed by atoms with Gasteiger partial charge in [-0.2, -0.15) is 0 Å². The topological polar surface area (TPSA) is 64.8 Å². The van der Waals surface area contributed by atoms with Gasteiger partial charge in [-0.1, -0.05) is 0 Å². The summed E-state index contributed by atoms with van der Waals surface area (Å²) in [6.07, 6.45) is 0. The summed E-state index contributed by atoms with van der Waals surface area (Å²) >= 11 is 0. The molecule has 0 heterocycles. The molecular weight excluding hydrogens is 232 g/mol. The third-order valence-corrected chi connectivity index (χ3v) is 2.45. The molecule has 0 fully saturated rings. The first-order valence-electron chi connectivity index (χ1n) is 5.83. The zero-order valence-electron chi connectivity index (χ0n) is 11.1. The van der Waals surface area contributed by atoms with Crippen LogP contribution in [0.5, 0.6) is 5.75 Å². The van der Waals surface area contributed by atoms with E-state index in [1.54, 1.807) is 20.1 Å². The molecule has 1 rings (SSSR count). The molecular formula is C13H20N2O3. The lowest BCUT2D eigenvalue weighted by molar-refractivity contribution is -0.144. The number of ether oxygens (including phenoxy) is 2. The number of nitrogens with two attached hydrogens (primary N) is 1. The Morgan fingerprint density at radius 1 is 1.44 bits per heavy atom. The highest BCUT2D eigenvalue weighted by molar-refractivity contribution is 5.71. The number of anilines is 1. The lowest BCUT2D eigenvalue weighted by Crippen LogP contribution is -2.27. The maximum absolute atomic E-state index is 11.3. The predicted octanol–water partition coefficient (Wildman–Crippen LogP) is 1.27. The van der Waals surface area contributed by atoms with Crippen molar-refractivity contribution in [2.75, 3.05) is 33.0 Å². The van der Waals surface area contributed by atoms with E-state index in [4.69, 9.17) is 15.2 Å². The van der Waals surface area contributed by atoms with E-state index in [9.17, 15) is 4.79 Å². The number of hydrogen-bond acceptors (Lipinski definition) is 5. The van der Waals surface area contributed by atoms with E-state index in [1.165, 1.54) is 0 Å². The Morgan fingerprint density at radius 2 is 2.17 bits per heavy atom. The van der Waals surface area contributed by atoms with Crippen molar-refractivity contribution in [2.45, 2.75) is 13.5 Å². The number of hydrogen-bond donors (Lipinski definition) is 1. The summed E-state index contributed by atoms with van der Waals surface area (Å²) in [5.74, 6) is 0.530. The molecule has 0 aromatic heterocycles. The smallest absolute Gasteiger partial charge is 0.320 e. The van der Waals surface area contributed by atoms with Gasteiger partial charge in [0.15, 0.2) is 0 Å². The molecule has 0 aliphatic rings. The number of esters is 1. The second-order valence-corrected chi connectivity index (χ2v) is 4.05. The van der Waals surface area contributed by atoms with Gasteiger partial charge in [-0.15, -0.1) is 0 Å². The third kappa shape index (κ3) is 4.25. The lowest BCUT2D eigenvalue weighted by Gasteiger charge is -2.17. The van der Waals surface area contributed by atoms with E-state index in [2.05, 4.69) is 0 Å². The first-order chi connectivity index (χ1) is 8.56. The molecule has 0 saturated carbocycles. The number of nitrogen functional groups attached to an aromatic ring is 1. The molecule has 0 unspecified atom stereocenters. The Balaban J connectivity index is 2.66. The number of carbonyl (C=O) groups is 1. The quantitative estimate of drug-likeness (QED) is 0.610. The largest absolute Gasteiger partial charge is 0.496 e. The standard InChI is InChI=1S/C13H20N2O3/c1-4-18-13(16)9-15(2)8-10-7-11(14)5-6-12(10)17-3/h5-7H,4,8-9,14H2,1-3H3. The van der Waals surface area contributed by atoms with Crippen LogP contribution >= 0.6 is 0 Å². The lowest BCUT2D eigenvalue weighted by atomic mass is 10.1. The van der Waals surface area contributed by atoms with E-state index in [0.717, 1.165) is 11.3 Å².